The van der Waals surface area contributed by atoms with Crippen LogP contribution in [0.25, 0.3) is 55.4 Å². The second-order valence-electron chi connectivity index (χ2n) is 16.0. The third-order valence-electron chi connectivity index (χ3n) is 11.7. The van der Waals surface area contributed by atoms with E-state index in [2.05, 4.69) is 64.8 Å². The molecule has 9 rings (SSSR count). The average Bonchev–Trinajstić information content (AvgIpc) is 4.02. The second-order valence-corrected chi connectivity index (χ2v) is 17.2. The van der Waals surface area contributed by atoms with Gasteiger partial charge in [-0.2, -0.15) is 13.9 Å². The first-order valence-electron chi connectivity index (χ1n) is 19.6. The maximum atomic E-state index is 13.6. The predicted molar refractivity (Wildman–Crippen MR) is 218 cm³/mol. The maximum absolute atomic E-state index is 13.6. The van der Waals surface area contributed by atoms with Crippen LogP contribution in [0.4, 0.5) is 26.3 Å². The summed E-state index contributed by atoms with van der Waals surface area (Å²) >= 11 is 2.28. The van der Waals surface area contributed by atoms with Crippen molar-refractivity contribution in [1.82, 2.24) is 39.2 Å². The van der Waals surface area contributed by atoms with Gasteiger partial charge < -0.3 is 18.2 Å². The van der Waals surface area contributed by atoms with Crippen molar-refractivity contribution in [3.8, 4) is 33.4 Å². The standard InChI is InChI=1S/C23H23F4N5O.C19H20F2IN3O/c1-13-20(14(2)33-30-13)16-7-19-21(28-8-16)18(17-9-29-32(11-17)22(24)25)12-31(19)10-15-3-5-23(26,27)6-4-15;1-11-17(12(2)26-24-11)14-7-16-18(23-8-14)15(22)10-25(16)9-13-3-5-19(20,21)6-4-13/h7-9,11-12,15,22H,3-6,10H2,1-2H3;7-8,10,13H,3-6,9H2,1-2H3. The van der Waals surface area contributed by atoms with E-state index >= 15 is 0 Å². The second kappa shape index (κ2) is 16.1. The van der Waals surface area contributed by atoms with Gasteiger partial charge in [0.2, 0.25) is 11.8 Å². The van der Waals surface area contributed by atoms with Crippen LogP contribution < -0.4 is 0 Å². The van der Waals surface area contributed by atoms with Crippen LogP contribution in [0, 0.1) is 43.1 Å². The highest BCUT2D eigenvalue weighted by molar-refractivity contribution is 14.1. The minimum Gasteiger partial charge on any atom is -0.361 e. The highest BCUT2D eigenvalue weighted by Gasteiger charge is 2.36. The fourth-order valence-corrected chi connectivity index (χ4v) is 9.32. The van der Waals surface area contributed by atoms with E-state index in [0.717, 1.165) is 66.1 Å². The van der Waals surface area contributed by atoms with Crippen molar-refractivity contribution in [2.45, 2.75) is 111 Å². The van der Waals surface area contributed by atoms with Crippen molar-refractivity contribution in [3.63, 3.8) is 0 Å². The normalized spacial score (nSPS) is 17.3. The Bertz CT molecular complexity index is 2560. The van der Waals surface area contributed by atoms with Gasteiger partial charge in [-0.25, -0.2) is 22.2 Å². The first kappa shape index (κ1) is 41.1. The third-order valence-corrected chi connectivity index (χ3v) is 12.5. The number of pyridine rings is 2. The molecule has 0 aliphatic heterocycles. The Hall–Kier alpha value is -4.68. The largest absolute Gasteiger partial charge is 0.361 e. The van der Waals surface area contributed by atoms with Crippen molar-refractivity contribution >= 4 is 44.7 Å². The molecule has 0 spiro atoms. The van der Waals surface area contributed by atoms with E-state index in [1.165, 1.54) is 12.4 Å². The molecule has 0 aromatic carbocycles. The van der Waals surface area contributed by atoms with E-state index in [4.69, 9.17) is 9.05 Å². The summed E-state index contributed by atoms with van der Waals surface area (Å²) in [6.45, 7) is 6.04. The Labute approximate surface area is 349 Å². The Balaban J connectivity index is 0.000000169. The summed E-state index contributed by atoms with van der Waals surface area (Å²) < 4.78 is 96.7. The van der Waals surface area contributed by atoms with Crippen molar-refractivity contribution < 1.29 is 35.4 Å². The molecule has 0 N–H and O–H groups in total. The average molecular weight is 933 g/mol. The molecule has 7 heterocycles. The molecule has 7 aromatic heterocycles. The van der Waals surface area contributed by atoms with Crippen LogP contribution in [0.2, 0.25) is 0 Å². The van der Waals surface area contributed by atoms with Gasteiger partial charge >= 0.3 is 6.55 Å². The molecule has 17 heteroatoms. The topological polar surface area (TPSA) is 106 Å². The molecule has 2 aliphatic rings. The van der Waals surface area contributed by atoms with Gasteiger partial charge in [-0.05, 0) is 99.9 Å². The number of alkyl halides is 6. The molecule has 0 amide bonds. The minimum absolute atomic E-state index is 0.00343. The molecule has 0 radical (unpaired) electrons. The SMILES string of the molecule is Cc1noc(C)c1-c1cnc2c(-c3cnn(C(F)F)c3)cn(CC3CCC(F)(F)CC3)c2c1.Cc1noc(C)c1-c1cnc2c(I)cn(CC3CCC(F)(F)CC3)c2c1. The molecule has 10 nitrogen and oxygen atoms in total. The zero-order valence-corrected chi connectivity index (χ0v) is 35.1. The lowest BCUT2D eigenvalue weighted by Crippen LogP contribution is -2.26. The van der Waals surface area contributed by atoms with Crippen molar-refractivity contribution in [1.29, 1.82) is 0 Å². The highest BCUT2D eigenvalue weighted by atomic mass is 127. The molecule has 0 unspecified atom stereocenters. The first-order chi connectivity index (χ1) is 28.1. The summed E-state index contributed by atoms with van der Waals surface area (Å²) in [5, 5.41) is 11.8. The van der Waals surface area contributed by atoms with E-state index in [0.29, 0.717) is 59.3 Å². The smallest absolute Gasteiger partial charge is 0.333 e. The van der Waals surface area contributed by atoms with E-state index in [1.54, 1.807) is 6.20 Å². The monoisotopic (exact) mass is 932 g/mol. The van der Waals surface area contributed by atoms with Gasteiger partial charge in [0, 0.05) is 103 Å². The zero-order valence-electron chi connectivity index (χ0n) is 33.0. The lowest BCUT2D eigenvalue weighted by molar-refractivity contribution is -0.0477. The molecule has 2 aliphatic carbocycles. The predicted octanol–water partition coefficient (Wildman–Crippen LogP) is 12.1. The van der Waals surface area contributed by atoms with Gasteiger partial charge in [0.15, 0.2) is 0 Å². The molecular weight excluding hydrogens is 889 g/mol. The number of hydrogen-bond donors (Lipinski definition) is 0. The van der Waals surface area contributed by atoms with Crippen molar-refractivity contribution in [3.05, 3.63) is 75.8 Å². The number of fused-ring (bicyclic) bond motifs is 2. The number of aryl methyl sites for hydroxylation is 4. The molecule has 0 bridgehead atoms. The molecule has 0 atom stereocenters. The van der Waals surface area contributed by atoms with Crippen LogP contribution in [-0.2, 0) is 13.1 Å². The Morgan fingerprint density at radius 2 is 1.15 bits per heavy atom. The number of rotatable bonds is 8. The minimum atomic E-state index is -2.74. The highest BCUT2D eigenvalue weighted by Crippen LogP contribution is 2.40. The summed E-state index contributed by atoms with van der Waals surface area (Å²) in [7, 11) is 0. The van der Waals surface area contributed by atoms with Gasteiger partial charge in [-0.3, -0.25) is 9.97 Å². The Morgan fingerprint density at radius 1 is 0.678 bits per heavy atom. The van der Waals surface area contributed by atoms with Crippen LogP contribution >= 0.6 is 22.6 Å². The van der Waals surface area contributed by atoms with E-state index in [1.807, 2.05) is 50.7 Å². The van der Waals surface area contributed by atoms with Gasteiger partial charge in [-0.15, -0.1) is 0 Å². The van der Waals surface area contributed by atoms with Crippen LogP contribution in [0.5, 0.6) is 0 Å². The summed E-state index contributed by atoms with van der Waals surface area (Å²) in [5.74, 6) is -3.27. The third kappa shape index (κ3) is 8.53. The van der Waals surface area contributed by atoms with Gasteiger partial charge in [0.05, 0.1) is 37.7 Å². The van der Waals surface area contributed by atoms with Gasteiger partial charge in [-0.1, -0.05) is 10.3 Å². The summed E-state index contributed by atoms with van der Waals surface area (Å²) in [6, 6.07) is 4.07. The van der Waals surface area contributed by atoms with Crippen molar-refractivity contribution in [2.75, 3.05) is 0 Å². The molecule has 2 saturated carbocycles. The Kier molecular flexibility index (Phi) is 11.2. The molecule has 59 heavy (non-hydrogen) atoms. The fraction of sp³-hybridized carbons (Fsp3) is 0.452. The fourth-order valence-electron chi connectivity index (χ4n) is 8.57. The van der Waals surface area contributed by atoms with Gasteiger partial charge in [0.25, 0.3) is 0 Å². The van der Waals surface area contributed by atoms with Crippen LogP contribution in [0.1, 0.15) is 80.8 Å². The Morgan fingerprint density at radius 3 is 1.61 bits per heavy atom. The summed E-state index contributed by atoms with van der Waals surface area (Å²) in [5.41, 5.74) is 9.79. The molecule has 7 aromatic rings. The van der Waals surface area contributed by atoms with Crippen LogP contribution in [0.15, 0.2) is 58.4 Å². The lowest BCUT2D eigenvalue weighted by atomic mass is 9.87. The zero-order chi connectivity index (χ0) is 41.8. The molecule has 2 fully saturated rings. The number of aromatic nitrogens is 8. The van der Waals surface area contributed by atoms with E-state index < -0.39 is 18.4 Å². The number of hydrogen-bond acceptors (Lipinski definition) is 7. The number of halogens is 7. The molecular formula is C42H43F6IN8O2. The summed E-state index contributed by atoms with van der Waals surface area (Å²) in [6.07, 6.45) is 11.9. The first-order valence-corrected chi connectivity index (χ1v) is 20.7. The summed E-state index contributed by atoms with van der Waals surface area (Å²) in [4.78, 5) is 9.29. The molecule has 312 valence electrons. The lowest BCUT2D eigenvalue weighted by Gasteiger charge is -2.28. The maximum Gasteiger partial charge on any atom is 0.333 e. The van der Waals surface area contributed by atoms with Crippen LogP contribution in [-0.4, -0.2) is 51.0 Å². The van der Waals surface area contributed by atoms with E-state index in [-0.39, 0.29) is 37.5 Å². The van der Waals surface area contributed by atoms with Crippen LogP contribution in [0.3, 0.4) is 0 Å². The number of nitrogens with zero attached hydrogens (tertiary/aromatic N) is 8. The quantitative estimate of drug-likeness (QED) is 0.110. The van der Waals surface area contributed by atoms with Gasteiger partial charge in [0.1, 0.15) is 17.0 Å². The van der Waals surface area contributed by atoms with Crippen molar-refractivity contribution in [2.24, 2.45) is 11.8 Å². The van der Waals surface area contributed by atoms with E-state index in [9.17, 15) is 26.3 Å². The molecule has 0 saturated heterocycles.